The molecule has 46 heavy (non-hydrogen) atoms. The molecule has 4 amide bonds. The van der Waals surface area contributed by atoms with Crippen LogP contribution in [0.2, 0.25) is 0 Å². The predicted molar refractivity (Wildman–Crippen MR) is 180 cm³/mol. The lowest BCUT2D eigenvalue weighted by molar-refractivity contribution is -0.116. The number of hydrogen-bond donors (Lipinski definition) is 4. The van der Waals surface area contributed by atoms with Crippen molar-refractivity contribution in [1.82, 2.24) is 5.32 Å². The van der Waals surface area contributed by atoms with Gasteiger partial charge in [0.25, 0.3) is 11.8 Å². The predicted octanol–water partition coefficient (Wildman–Crippen LogP) is 5.72. The molecule has 0 heterocycles. The molecule has 0 bridgehead atoms. The highest BCUT2D eigenvalue weighted by Crippen LogP contribution is 2.30. The second-order valence-electron chi connectivity index (χ2n) is 9.91. The number of nitrogens with one attached hydrogen (secondary N) is 3. The number of methoxy groups -OCH3 is 2. The van der Waals surface area contributed by atoms with Crippen LogP contribution >= 0.6 is 11.8 Å². The minimum Gasteiger partial charge on any atom is -0.497 e. The molecule has 0 aliphatic heterocycles. The average molecular weight is 639 g/mol. The van der Waals surface area contributed by atoms with Gasteiger partial charge >= 0.3 is 0 Å². The van der Waals surface area contributed by atoms with Gasteiger partial charge < -0.3 is 31.2 Å². The van der Waals surface area contributed by atoms with E-state index >= 15 is 0 Å². The van der Waals surface area contributed by atoms with Crippen molar-refractivity contribution in [3.05, 3.63) is 119 Å². The number of thioether (sulfide) groups is 1. The summed E-state index contributed by atoms with van der Waals surface area (Å²) in [5.74, 6) is -0.771. The number of amides is 4. The maximum Gasteiger partial charge on any atom is 0.272 e. The highest BCUT2D eigenvalue weighted by molar-refractivity contribution is 8.00. The first-order valence-electron chi connectivity index (χ1n) is 14.3. The van der Waals surface area contributed by atoms with E-state index in [0.29, 0.717) is 46.0 Å². The minimum atomic E-state index is -0.569. The monoisotopic (exact) mass is 638 g/mol. The zero-order valence-electron chi connectivity index (χ0n) is 25.5. The van der Waals surface area contributed by atoms with Gasteiger partial charge in [0.2, 0.25) is 11.8 Å². The number of anilines is 2. The van der Waals surface area contributed by atoms with Crippen molar-refractivity contribution in [3.8, 4) is 11.5 Å². The molecule has 4 rings (SSSR count). The lowest BCUT2D eigenvalue weighted by Gasteiger charge is -2.16. The molecule has 0 spiro atoms. The van der Waals surface area contributed by atoms with E-state index in [9.17, 15) is 19.2 Å². The van der Waals surface area contributed by atoms with Crippen LogP contribution in [-0.4, -0.2) is 43.1 Å². The summed E-state index contributed by atoms with van der Waals surface area (Å²) < 4.78 is 10.8. The molecule has 0 saturated carbocycles. The molecule has 4 aromatic carbocycles. The third-order valence-corrected chi connectivity index (χ3v) is 8.09. The number of benzene rings is 4. The average Bonchev–Trinajstić information content (AvgIpc) is 3.07. The molecule has 5 N–H and O–H groups in total. The van der Waals surface area contributed by atoms with E-state index in [1.54, 1.807) is 91.0 Å². The Hall–Kier alpha value is -5.55. The molecule has 0 radical (unpaired) electrons. The molecule has 0 aliphatic rings. The van der Waals surface area contributed by atoms with E-state index in [1.807, 2.05) is 13.0 Å². The van der Waals surface area contributed by atoms with E-state index in [0.717, 1.165) is 4.90 Å². The van der Waals surface area contributed by atoms with Gasteiger partial charge in [-0.1, -0.05) is 31.2 Å². The third kappa shape index (κ3) is 8.99. The summed E-state index contributed by atoms with van der Waals surface area (Å²) in [6.07, 6.45) is 2.05. The first-order chi connectivity index (χ1) is 22.2. The summed E-state index contributed by atoms with van der Waals surface area (Å²) >= 11 is 1.34. The molecule has 4 aromatic rings. The van der Waals surface area contributed by atoms with Gasteiger partial charge in [-0.2, -0.15) is 0 Å². The molecular weight excluding hydrogens is 604 g/mol. The van der Waals surface area contributed by atoms with Crippen LogP contribution in [0.5, 0.6) is 11.5 Å². The van der Waals surface area contributed by atoms with E-state index in [2.05, 4.69) is 16.0 Å². The van der Waals surface area contributed by atoms with Crippen molar-refractivity contribution >= 4 is 52.8 Å². The Morgan fingerprint density at radius 1 is 0.804 bits per heavy atom. The molecule has 1 unspecified atom stereocenters. The standard InChI is InChI=1S/C35H34N4O6S/c1-4-31(35(43)37-25-15-13-22(14-16-25)32(36)40)46-28-12-8-11-26(21-28)38-34(42)29(39-33(41)23-9-6-5-7-10-23)20-24-19-27(44-2)17-18-30(24)45-3/h5-21,31H,4H2,1-3H3,(H2,36,40)(H,37,43)(H,38,42)(H,39,41)/b29-20+. The van der Waals surface area contributed by atoms with E-state index < -0.39 is 23.0 Å². The van der Waals surface area contributed by atoms with Crippen molar-refractivity contribution in [2.24, 2.45) is 5.73 Å². The lowest BCUT2D eigenvalue weighted by Crippen LogP contribution is -2.30. The number of carbonyl (C=O) groups is 4. The van der Waals surface area contributed by atoms with Crippen molar-refractivity contribution in [1.29, 1.82) is 0 Å². The summed E-state index contributed by atoms with van der Waals surface area (Å²) in [6.45, 7) is 1.90. The molecule has 10 nitrogen and oxygen atoms in total. The van der Waals surface area contributed by atoms with E-state index in [1.165, 1.54) is 32.1 Å². The lowest BCUT2D eigenvalue weighted by atomic mass is 10.1. The van der Waals surface area contributed by atoms with Crippen LogP contribution in [0.25, 0.3) is 6.08 Å². The Bertz CT molecular complexity index is 1740. The van der Waals surface area contributed by atoms with Crippen molar-refractivity contribution in [2.75, 3.05) is 24.9 Å². The van der Waals surface area contributed by atoms with Crippen LogP contribution in [0.4, 0.5) is 11.4 Å². The fraction of sp³-hybridized carbons (Fsp3) is 0.143. The Balaban J connectivity index is 1.54. The first-order valence-corrected chi connectivity index (χ1v) is 15.2. The number of ether oxygens (including phenoxy) is 2. The summed E-state index contributed by atoms with van der Waals surface area (Å²) in [4.78, 5) is 51.9. The smallest absolute Gasteiger partial charge is 0.272 e. The second kappa shape index (κ2) is 16.0. The van der Waals surface area contributed by atoms with Crippen molar-refractivity contribution in [2.45, 2.75) is 23.5 Å². The van der Waals surface area contributed by atoms with Gasteiger partial charge in [0.1, 0.15) is 17.2 Å². The SMILES string of the molecule is CCC(Sc1cccc(NC(=O)/C(=C\c2cc(OC)ccc2OC)NC(=O)c2ccccc2)c1)C(=O)Nc1ccc(C(N)=O)cc1. The Morgan fingerprint density at radius 3 is 2.20 bits per heavy atom. The van der Waals surface area contributed by atoms with Gasteiger partial charge in [0, 0.05) is 33.0 Å². The normalized spacial score (nSPS) is 11.6. The van der Waals surface area contributed by atoms with Gasteiger partial charge in [-0.15, -0.1) is 11.8 Å². The zero-order chi connectivity index (χ0) is 33.1. The zero-order valence-corrected chi connectivity index (χ0v) is 26.4. The fourth-order valence-corrected chi connectivity index (χ4v) is 5.34. The highest BCUT2D eigenvalue weighted by atomic mass is 32.2. The number of rotatable bonds is 13. The van der Waals surface area contributed by atoms with Gasteiger partial charge in [0.15, 0.2) is 0 Å². The maximum absolute atomic E-state index is 13.6. The largest absolute Gasteiger partial charge is 0.497 e. The summed E-state index contributed by atoms with van der Waals surface area (Å²) in [7, 11) is 3.04. The van der Waals surface area contributed by atoms with E-state index in [-0.39, 0.29) is 11.6 Å². The van der Waals surface area contributed by atoms with Gasteiger partial charge in [-0.25, -0.2) is 0 Å². The van der Waals surface area contributed by atoms with Crippen LogP contribution in [0.1, 0.15) is 39.6 Å². The minimum absolute atomic E-state index is 0.0216. The summed E-state index contributed by atoms with van der Waals surface area (Å²) in [5, 5.41) is 8.00. The highest BCUT2D eigenvalue weighted by Gasteiger charge is 2.20. The molecule has 0 saturated heterocycles. The Kier molecular flexibility index (Phi) is 11.6. The number of carbonyl (C=O) groups excluding carboxylic acids is 4. The van der Waals surface area contributed by atoms with Gasteiger partial charge in [0.05, 0.1) is 19.5 Å². The molecule has 0 fully saturated rings. The number of nitrogens with two attached hydrogens (primary N) is 1. The van der Waals surface area contributed by atoms with Crippen LogP contribution in [-0.2, 0) is 9.59 Å². The van der Waals surface area contributed by atoms with Crippen LogP contribution in [0, 0.1) is 0 Å². The fourth-order valence-electron chi connectivity index (χ4n) is 4.32. The van der Waals surface area contributed by atoms with E-state index in [4.69, 9.17) is 15.2 Å². The Labute approximate surface area is 271 Å². The third-order valence-electron chi connectivity index (χ3n) is 6.74. The summed E-state index contributed by atoms with van der Waals surface area (Å²) in [5.41, 5.74) is 7.52. The van der Waals surface area contributed by atoms with Crippen molar-refractivity contribution in [3.63, 3.8) is 0 Å². The second-order valence-corrected chi connectivity index (χ2v) is 11.2. The quantitative estimate of drug-likeness (QED) is 0.108. The van der Waals surface area contributed by atoms with Crippen molar-refractivity contribution < 1.29 is 28.7 Å². The first kappa shape index (κ1) is 33.3. The molecule has 236 valence electrons. The molecular formula is C35H34N4O6S. The maximum atomic E-state index is 13.6. The van der Waals surface area contributed by atoms with Gasteiger partial charge in [-0.05, 0) is 85.3 Å². The number of hydrogen-bond acceptors (Lipinski definition) is 7. The van der Waals surface area contributed by atoms with Crippen LogP contribution in [0.15, 0.2) is 108 Å². The van der Waals surface area contributed by atoms with Crippen LogP contribution < -0.4 is 31.2 Å². The Morgan fingerprint density at radius 2 is 1.54 bits per heavy atom. The van der Waals surface area contributed by atoms with Gasteiger partial charge in [-0.3, -0.25) is 19.2 Å². The number of primary amides is 1. The molecule has 11 heteroatoms. The molecule has 1 atom stereocenters. The topological polar surface area (TPSA) is 149 Å². The summed E-state index contributed by atoms with van der Waals surface area (Å²) in [6, 6.07) is 27.1. The molecule has 0 aliphatic carbocycles. The molecule has 0 aromatic heterocycles. The van der Waals surface area contributed by atoms with Crippen LogP contribution in [0.3, 0.4) is 0 Å².